The molecule has 2 fully saturated rings. The van der Waals surface area contributed by atoms with Crippen LogP contribution in [0, 0.1) is 19.8 Å². The zero-order valence-electron chi connectivity index (χ0n) is 17.6. The van der Waals surface area contributed by atoms with Crippen molar-refractivity contribution in [2.45, 2.75) is 58.4 Å². The minimum atomic E-state index is 0. The number of hydrogen-bond acceptors (Lipinski definition) is 3. The largest absolute Gasteiger partial charge is 0.356 e. The Morgan fingerprint density at radius 2 is 1.96 bits per heavy atom. The Labute approximate surface area is 185 Å². The highest BCUT2D eigenvalue weighted by Crippen LogP contribution is 2.27. The fourth-order valence-corrected chi connectivity index (χ4v) is 4.38. The predicted molar refractivity (Wildman–Crippen MR) is 123 cm³/mol. The smallest absolute Gasteiger partial charge is 0.225 e. The third-order valence-corrected chi connectivity index (χ3v) is 6.10. The van der Waals surface area contributed by atoms with Crippen molar-refractivity contribution in [1.82, 2.24) is 25.3 Å². The van der Waals surface area contributed by atoms with Crippen molar-refractivity contribution < 1.29 is 4.79 Å². The molecule has 1 unspecified atom stereocenters. The number of aromatic nitrogens is 2. The molecule has 1 saturated heterocycles. The number of nitrogens with one attached hydrogen (secondary N) is 2. The van der Waals surface area contributed by atoms with Gasteiger partial charge in [-0.15, -0.1) is 24.0 Å². The fraction of sp³-hybridized carbons (Fsp3) is 0.750. The summed E-state index contributed by atoms with van der Waals surface area (Å²) in [6.45, 7) is 6.63. The molecule has 1 amide bonds. The van der Waals surface area contributed by atoms with E-state index in [0.717, 1.165) is 57.0 Å². The van der Waals surface area contributed by atoms with E-state index >= 15 is 0 Å². The maximum atomic E-state index is 12.6. The Balaban J connectivity index is 0.00000280. The minimum Gasteiger partial charge on any atom is -0.356 e. The summed E-state index contributed by atoms with van der Waals surface area (Å²) in [4.78, 5) is 19.0. The molecule has 1 atom stereocenters. The Morgan fingerprint density at radius 1 is 1.25 bits per heavy atom. The molecule has 8 heteroatoms. The van der Waals surface area contributed by atoms with E-state index in [0.29, 0.717) is 5.91 Å². The molecule has 2 heterocycles. The van der Waals surface area contributed by atoms with Crippen LogP contribution >= 0.6 is 24.0 Å². The van der Waals surface area contributed by atoms with Crippen LogP contribution in [0.4, 0.5) is 0 Å². The number of rotatable bonds is 5. The molecule has 7 nitrogen and oxygen atoms in total. The van der Waals surface area contributed by atoms with Crippen LogP contribution in [-0.2, 0) is 18.3 Å². The molecule has 2 aliphatic rings. The molecule has 1 saturated carbocycles. The number of amides is 1. The highest BCUT2D eigenvalue weighted by molar-refractivity contribution is 14.0. The fourth-order valence-electron chi connectivity index (χ4n) is 4.38. The number of nitrogens with zero attached hydrogens (tertiary/aromatic N) is 4. The van der Waals surface area contributed by atoms with Crippen LogP contribution in [0.25, 0.3) is 0 Å². The van der Waals surface area contributed by atoms with Crippen molar-refractivity contribution in [2.24, 2.45) is 18.0 Å². The van der Waals surface area contributed by atoms with Gasteiger partial charge in [-0.25, -0.2) is 0 Å². The van der Waals surface area contributed by atoms with E-state index in [4.69, 9.17) is 0 Å². The molecule has 0 bridgehead atoms. The number of halogens is 1. The second kappa shape index (κ2) is 10.5. The van der Waals surface area contributed by atoms with Gasteiger partial charge in [0.05, 0.1) is 5.69 Å². The summed E-state index contributed by atoms with van der Waals surface area (Å²) in [5.41, 5.74) is 3.61. The molecule has 2 N–H and O–H groups in total. The minimum absolute atomic E-state index is 0. The van der Waals surface area contributed by atoms with Gasteiger partial charge in [-0.1, -0.05) is 12.8 Å². The van der Waals surface area contributed by atoms with E-state index in [1.165, 1.54) is 24.1 Å². The maximum Gasteiger partial charge on any atom is 0.225 e. The third-order valence-electron chi connectivity index (χ3n) is 6.10. The van der Waals surface area contributed by atoms with Crippen LogP contribution in [-0.4, -0.2) is 59.3 Å². The molecule has 0 radical (unpaired) electrons. The molecule has 1 aromatic rings. The number of likely N-dealkylation sites (tertiary alicyclic amines) is 1. The summed E-state index contributed by atoms with van der Waals surface area (Å²) in [6, 6.07) is 0.281. The Kier molecular flexibility index (Phi) is 8.57. The summed E-state index contributed by atoms with van der Waals surface area (Å²) >= 11 is 0. The SMILES string of the molecule is CN=C(NCCc1c(C)nn(C)c1C)NC1CCN(C(=O)C2CCCC2)C1.I. The first-order valence-corrected chi connectivity index (χ1v) is 10.2. The summed E-state index contributed by atoms with van der Waals surface area (Å²) in [6.07, 6.45) is 6.47. The van der Waals surface area contributed by atoms with E-state index in [-0.39, 0.29) is 35.9 Å². The molecule has 1 aliphatic heterocycles. The van der Waals surface area contributed by atoms with Gasteiger partial charge < -0.3 is 15.5 Å². The first-order valence-electron chi connectivity index (χ1n) is 10.2. The van der Waals surface area contributed by atoms with Gasteiger partial charge in [0.2, 0.25) is 5.91 Å². The summed E-state index contributed by atoms with van der Waals surface area (Å²) in [5, 5.41) is 11.4. The summed E-state index contributed by atoms with van der Waals surface area (Å²) < 4.78 is 1.94. The van der Waals surface area contributed by atoms with Crippen molar-refractivity contribution in [2.75, 3.05) is 26.7 Å². The number of carbonyl (C=O) groups excluding carboxylic acids is 1. The first kappa shape index (κ1) is 23.0. The van der Waals surface area contributed by atoms with E-state index < -0.39 is 0 Å². The van der Waals surface area contributed by atoms with E-state index in [2.05, 4.69) is 34.6 Å². The first-order chi connectivity index (χ1) is 13.0. The average Bonchev–Trinajstić information content (AvgIpc) is 3.38. The lowest BCUT2D eigenvalue weighted by Gasteiger charge is -2.21. The van der Waals surface area contributed by atoms with Crippen LogP contribution in [0.5, 0.6) is 0 Å². The lowest BCUT2D eigenvalue weighted by Crippen LogP contribution is -2.45. The molecule has 1 aromatic heterocycles. The number of aliphatic imine (C=N–C) groups is 1. The van der Waals surface area contributed by atoms with Gasteiger partial charge in [-0.3, -0.25) is 14.5 Å². The van der Waals surface area contributed by atoms with Gasteiger partial charge in [-0.05, 0) is 45.1 Å². The van der Waals surface area contributed by atoms with Gasteiger partial charge in [-0.2, -0.15) is 5.10 Å². The van der Waals surface area contributed by atoms with Crippen molar-refractivity contribution in [3.63, 3.8) is 0 Å². The van der Waals surface area contributed by atoms with Crippen LogP contribution in [0.3, 0.4) is 0 Å². The highest BCUT2D eigenvalue weighted by atomic mass is 127. The van der Waals surface area contributed by atoms with Crippen molar-refractivity contribution in [1.29, 1.82) is 0 Å². The molecule has 158 valence electrons. The lowest BCUT2D eigenvalue weighted by atomic mass is 10.1. The number of carbonyl (C=O) groups is 1. The van der Waals surface area contributed by atoms with Crippen molar-refractivity contribution in [3.05, 3.63) is 17.0 Å². The predicted octanol–water partition coefficient (Wildman–Crippen LogP) is 2.15. The number of aryl methyl sites for hydroxylation is 2. The molecule has 1 aliphatic carbocycles. The second-order valence-corrected chi connectivity index (χ2v) is 7.92. The van der Waals surface area contributed by atoms with Crippen LogP contribution in [0.1, 0.15) is 49.1 Å². The molecular weight excluding hydrogens is 467 g/mol. The highest BCUT2D eigenvalue weighted by Gasteiger charge is 2.32. The maximum absolute atomic E-state index is 12.6. The molecule has 3 rings (SSSR count). The zero-order chi connectivity index (χ0) is 19.4. The monoisotopic (exact) mass is 502 g/mol. The third kappa shape index (κ3) is 5.39. The van der Waals surface area contributed by atoms with Gasteiger partial charge in [0.25, 0.3) is 0 Å². The molecule has 0 aromatic carbocycles. The second-order valence-electron chi connectivity index (χ2n) is 7.92. The van der Waals surface area contributed by atoms with Crippen molar-refractivity contribution in [3.8, 4) is 0 Å². The Bertz CT molecular complexity index is 695. The summed E-state index contributed by atoms with van der Waals surface area (Å²) in [7, 11) is 3.78. The van der Waals surface area contributed by atoms with E-state index in [1.807, 2.05) is 16.6 Å². The quantitative estimate of drug-likeness (QED) is 0.368. The Hall–Kier alpha value is -1.32. The normalized spacial score (nSPS) is 20.4. The van der Waals surface area contributed by atoms with Crippen molar-refractivity contribution >= 4 is 35.8 Å². The van der Waals surface area contributed by atoms with Crippen LogP contribution < -0.4 is 10.6 Å². The standard InChI is InChI=1S/C20H34N6O.HI/c1-14-18(15(2)25(4)24-14)9-11-22-20(21-3)23-17-10-12-26(13-17)19(27)16-7-5-6-8-16;/h16-17H,5-13H2,1-4H3,(H2,21,22,23);1H. The van der Waals surface area contributed by atoms with Gasteiger partial charge in [0.1, 0.15) is 0 Å². The average molecular weight is 502 g/mol. The number of guanidine groups is 1. The van der Waals surface area contributed by atoms with E-state index in [1.54, 1.807) is 7.05 Å². The molecule has 28 heavy (non-hydrogen) atoms. The van der Waals surface area contributed by atoms with Gasteiger partial charge >= 0.3 is 0 Å². The zero-order valence-corrected chi connectivity index (χ0v) is 20.0. The van der Waals surface area contributed by atoms with Gasteiger partial charge in [0.15, 0.2) is 5.96 Å². The number of hydrogen-bond donors (Lipinski definition) is 2. The molecule has 0 spiro atoms. The van der Waals surface area contributed by atoms with E-state index in [9.17, 15) is 4.79 Å². The topological polar surface area (TPSA) is 74.6 Å². The molecular formula is C20H35IN6O. The summed E-state index contributed by atoms with van der Waals surface area (Å²) in [5.74, 6) is 1.45. The Morgan fingerprint density at radius 3 is 2.57 bits per heavy atom. The lowest BCUT2D eigenvalue weighted by molar-refractivity contribution is -0.134. The van der Waals surface area contributed by atoms with Gasteiger partial charge in [0, 0.05) is 51.4 Å². The van der Waals surface area contributed by atoms with Crippen LogP contribution in [0.15, 0.2) is 4.99 Å². The van der Waals surface area contributed by atoms with Crippen LogP contribution in [0.2, 0.25) is 0 Å².